The number of rotatable bonds is 8. The summed E-state index contributed by atoms with van der Waals surface area (Å²) in [6, 6.07) is 22.5. The fourth-order valence-electron chi connectivity index (χ4n) is 3.47. The highest BCUT2D eigenvalue weighted by Gasteiger charge is 2.14. The fraction of sp³-hybridized carbons (Fsp3) is 0.115. The Kier molecular flexibility index (Phi) is 6.96. The van der Waals surface area contributed by atoms with Gasteiger partial charge < -0.3 is 25.5 Å². The maximum absolute atomic E-state index is 12.9. The van der Waals surface area contributed by atoms with Gasteiger partial charge in [0.15, 0.2) is 11.5 Å². The second-order valence-electron chi connectivity index (χ2n) is 7.80. The Morgan fingerprint density at radius 2 is 1.80 bits per heavy atom. The van der Waals surface area contributed by atoms with Crippen LogP contribution in [-0.4, -0.2) is 29.7 Å². The molecule has 9 heteroatoms. The Hall–Kier alpha value is -4.79. The van der Waals surface area contributed by atoms with Crippen LogP contribution >= 0.6 is 0 Å². The zero-order valence-corrected chi connectivity index (χ0v) is 19.4. The monoisotopic (exact) mass is 470 g/mol. The lowest BCUT2D eigenvalue weighted by Crippen LogP contribution is -2.26. The van der Waals surface area contributed by atoms with Gasteiger partial charge in [-0.3, -0.25) is 10.2 Å². The number of carbonyl (C=O) groups is 1. The van der Waals surface area contributed by atoms with Gasteiger partial charge >= 0.3 is 0 Å². The summed E-state index contributed by atoms with van der Waals surface area (Å²) in [7, 11) is 1.59. The number of anilines is 1. The zero-order chi connectivity index (χ0) is 24.8. The van der Waals surface area contributed by atoms with Crippen molar-refractivity contribution in [3.63, 3.8) is 0 Å². The van der Waals surface area contributed by atoms with Gasteiger partial charge in [-0.1, -0.05) is 42.5 Å². The number of aromatic nitrogens is 1. The standard InChI is InChI=1S/C26H26N6O3/c1-16(31-32-26(27)28)18-8-10-20(11-9-18)29-25(33)22-12-19-13-23(34-2)24(14-21(19)30-22)35-15-17-6-4-3-5-7-17/h3-14,30H,15H2,1-2H3,(H,29,33)(H4,27,28,32)/b31-16+. The third-order valence-corrected chi connectivity index (χ3v) is 5.29. The van der Waals surface area contributed by atoms with Crippen LogP contribution in [0.5, 0.6) is 11.5 Å². The van der Waals surface area contributed by atoms with E-state index in [0.717, 1.165) is 22.0 Å². The molecule has 0 bridgehead atoms. The van der Waals surface area contributed by atoms with Gasteiger partial charge in [0.2, 0.25) is 5.96 Å². The number of hydrogen-bond acceptors (Lipinski definition) is 5. The van der Waals surface area contributed by atoms with E-state index in [1.165, 1.54) is 0 Å². The number of hydrogen-bond donors (Lipinski definition) is 5. The van der Waals surface area contributed by atoms with Crippen molar-refractivity contribution in [2.45, 2.75) is 13.5 Å². The molecule has 9 nitrogen and oxygen atoms in total. The number of carbonyl (C=O) groups excluding carboxylic acids is 1. The molecule has 4 aromatic rings. The molecule has 3 aromatic carbocycles. The highest BCUT2D eigenvalue weighted by molar-refractivity contribution is 6.06. The van der Waals surface area contributed by atoms with Crippen molar-refractivity contribution < 1.29 is 14.3 Å². The summed E-state index contributed by atoms with van der Waals surface area (Å²) in [4.78, 5) is 16.0. The van der Waals surface area contributed by atoms with Crippen molar-refractivity contribution in [2.24, 2.45) is 10.8 Å². The third-order valence-electron chi connectivity index (χ3n) is 5.29. The van der Waals surface area contributed by atoms with E-state index in [9.17, 15) is 4.79 Å². The van der Waals surface area contributed by atoms with Crippen molar-refractivity contribution in [1.29, 1.82) is 5.41 Å². The van der Waals surface area contributed by atoms with Crippen LogP contribution in [0.25, 0.3) is 10.9 Å². The lowest BCUT2D eigenvalue weighted by atomic mass is 10.1. The van der Waals surface area contributed by atoms with Crippen molar-refractivity contribution in [3.8, 4) is 11.5 Å². The summed E-state index contributed by atoms with van der Waals surface area (Å²) in [5.41, 5.74) is 12.0. The van der Waals surface area contributed by atoms with E-state index in [4.69, 9.17) is 20.6 Å². The average Bonchev–Trinajstić information content (AvgIpc) is 3.29. The van der Waals surface area contributed by atoms with Crippen LogP contribution in [0, 0.1) is 5.41 Å². The van der Waals surface area contributed by atoms with Gasteiger partial charge in [0.25, 0.3) is 5.91 Å². The Labute approximate surface area is 202 Å². The van der Waals surface area contributed by atoms with Crippen molar-refractivity contribution >= 4 is 34.2 Å². The minimum atomic E-state index is -0.275. The van der Waals surface area contributed by atoms with Gasteiger partial charge in [0.1, 0.15) is 12.3 Å². The minimum Gasteiger partial charge on any atom is -0.493 e. The SMILES string of the molecule is COc1cc2cc(C(=O)Nc3ccc(/C(C)=N/NC(=N)N)cc3)[nH]c2cc1OCc1ccccc1. The van der Waals surface area contributed by atoms with Crippen LogP contribution in [0.1, 0.15) is 28.5 Å². The molecule has 6 N–H and O–H groups in total. The molecule has 0 unspecified atom stereocenters. The lowest BCUT2D eigenvalue weighted by Gasteiger charge is -2.11. The van der Waals surface area contributed by atoms with E-state index in [-0.39, 0.29) is 11.9 Å². The van der Waals surface area contributed by atoms with Crippen molar-refractivity contribution in [1.82, 2.24) is 10.4 Å². The summed E-state index contributed by atoms with van der Waals surface area (Å²) in [6.07, 6.45) is 0. The Morgan fingerprint density at radius 1 is 1.06 bits per heavy atom. The van der Waals surface area contributed by atoms with E-state index in [1.54, 1.807) is 32.2 Å². The Morgan fingerprint density at radius 3 is 2.49 bits per heavy atom. The zero-order valence-electron chi connectivity index (χ0n) is 19.4. The molecule has 4 rings (SSSR count). The summed E-state index contributed by atoms with van der Waals surface area (Å²) in [5, 5.41) is 14.9. The highest BCUT2D eigenvalue weighted by atomic mass is 16.5. The molecule has 1 amide bonds. The molecule has 1 aromatic heterocycles. The van der Waals surface area contributed by atoms with E-state index < -0.39 is 0 Å². The number of fused-ring (bicyclic) bond motifs is 1. The summed E-state index contributed by atoms with van der Waals surface area (Å²) >= 11 is 0. The average molecular weight is 471 g/mol. The van der Waals surface area contributed by atoms with Crippen LogP contribution in [0.3, 0.4) is 0 Å². The predicted octanol–water partition coefficient (Wildman–Crippen LogP) is 4.21. The number of nitrogens with one attached hydrogen (secondary N) is 4. The van der Waals surface area contributed by atoms with Crippen LogP contribution < -0.4 is 25.9 Å². The first-order chi connectivity index (χ1) is 16.9. The molecule has 0 aliphatic carbocycles. The maximum Gasteiger partial charge on any atom is 0.272 e. The number of amides is 1. The lowest BCUT2D eigenvalue weighted by molar-refractivity contribution is 0.102. The first kappa shape index (κ1) is 23.4. The number of nitrogens with zero attached hydrogens (tertiary/aromatic N) is 1. The number of nitrogens with two attached hydrogens (primary N) is 1. The molecule has 1 heterocycles. The third kappa shape index (κ3) is 5.77. The number of H-pyrrole nitrogens is 1. The number of methoxy groups -OCH3 is 1. The molecular weight excluding hydrogens is 444 g/mol. The second kappa shape index (κ2) is 10.4. The molecule has 178 valence electrons. The van der Waals surface area contributed by atoms with E-state index in [0.29, 0.717) is 35.2 Å². The summed E-state index contributed by atoms with van der Waals surface area (Å²) in [5.74, 6) is 0.665. The number of ether oxygens (including phenoxy) is 2. The van der Waals surface area contributed by atoms with Gasteiger partial charge in [-0.15, -0.1) is 0 Å². The molecule has 0 saturated heterocycles. The van der Waals surface area contributed by atoms with Crippen molar-refractivity contribution in [2.75, 3.05) is 12.4 Å². The summed E-state index contributed by atoms with van der Waals surface area (Å²) < 4.78 is 11.5. The molecule has 0 aliphatic heterocycles. The van der Waals surface area contributed by atoms with Gasteiger partial charge in [-0.05, 0) is 42.3 Å². The molecule has 0 atom stereocenters. The first-order valence-electron chi connectivity index (χ1n) is 10.9. The molecule has 0 saturated carbocycles. The number of aromatic amines is 1. The highest BCUT2D eigenvalue weighted by Crippen LogP contribution is 2.33. The Balaban J connectivity index is 1.48. The summed E-state index contributed by atoms with van der Waals surface area (Å²) in [6.45, 7) is 2.20. The number of hydrazone groups is 1. The quantitative estimate of drug-likeness (QED) is 0.149. The van der Waals surface area contributed by atoms with Gasteiger partial charge in [-0.25, -0.2) is 5.43 Å². The van der Waals surface area contributed by atoms with Crippen molar-refractivity contribution in [3.05, 3.63) is 89.6 Å². The van der Waals surface area contributed by atoms with E-state index in [1.807, 2.05) is 54.6 Å². The first-order valence-corrected chi connectivity index (χ1v) is 10.9. The maximum atomic E-state index is 12.9. The molecule has 0 aliphatic rings. The number of guanidine groups is 1. The molecule has 0 radical (unpaired) electrons. The van der Waals surface area contributed by atoms with Gasteiger partial charge in [0, 0.05) is 22.7 Å². The number of benzene rings is 3. The normalized spacial score (nSPS) is 11.2. The molecule has 0 fully saturated rings. The minimum absolute atomic E-state index is 0.237. The van der Waals surface area contributed by atoms with Crippen LogP contribution in [0.2, 0.25) is 0 Å². The topological polar surface area (TPSA) is 138 Å². The largest absolute Gasteiger partial charge is 0.493 e. The van der Waals surface area contributed by atoms with E-state index >= 15 is 0 Å². The van der Waals surface area contributed by atoms with Crippen LogP contribution in [0.15, 0.2) is 77.9 Å². The van der Waals surface area contributed by atoms with Crippen LogP contribution in [0.4, 0.5) is 5.69 Å². The van der Waals surface area contributed by atoms with E-state index in [2.05, 4.69) is 20.8 Å². The van der Waals surface area contributed by atoms with Gasteiger partial charge in [-0.2, -0.15) is 5.10 Å². The smallest absolute Gasteiger partial charge is 0.272 e. The fourth-order valence-corrected chi connectivity index (χ4v) is 3.47. The van der Waals surface area contributed by atoms with Gasteiger partial charge in [0.05, 0.1) is 12.8 Å². The Bertz CT molecular complexity index is 1380. The predicted molar refractivity (Wildman–Crippen MR) is 137 cm³/mol. The second-order valence-corrected chi connectivity index (χ2v) is 7.80. The molecule has 0 spiro atoms. The molecule has 35 heavy (non-hydrogen) atoms. The van der Waals surface area contributed by atoms with Crippen LogP contribution in [-0.2, 0) is 6.61 Å². The molecular formula is C26H26N6O3.